The first-order valence-electron chi connectivity index (χ1n) is 8.04. The Morgan fingerprint density at radius 1 is 1.19 bits per heavy atom. The predicted molar refractivity (Wildman–Crippen MR) is 78.6 cm³/mol. The van der Waals surface area contributed by atoms with Crippen LogP contribution >= 0.6 is 0 Å². The maximum Gasteiger partial charge on any atom is 0.303 e. The standard InChI is InChI=1S/C18H22O3/c19-16(20)10-18(9-11-4-2-1-3-5-11)13-6-12-7-15(18)14(8-13)17(12)21/h1-5,12-15,17,21H,6-10H2,(H,19,20). The molecule has 1 aromatic carbocycles. The highest BCUT2D eigenvalue weighted by atomic mass is 16.4. The van der Waals surface area contributed by atoms with Crippen LogP contribution in [0.2, 0.25) is 0 Å². The van der Waals surface area contributed by atoms with Gasteiger partial charge in [-0.15, -0.1) is 0 Å². The van der Waals surface area contributed by atoms with Gasteiger partial charge in [-0.1, -0.05) is 30.3 Å². The maximum atomic E-state index is 11.5. The Morgan fingerprint density at radius 2 is 1.95 bits per heavy atom. The summed E-state index contributed by atoms with van der Waals surface area (Å²) < 4.78 is 0. The van der Waals surface area contributed by atoms with Crippen LogP contribution in [0.4, 0.5) is 0 Å². The van der Waals surface area contributed by atoms with Gasteiger partial charge in [0.2, 0.25) is 0 Å². The molecule has 0 saturated heterocycles. The molecular formula is C18H22O3. The number of aliphatic carboxylic acids is 1. The van der Waals surface area contributed by atoms with E-state index >= 15 is 0 Å². The molecule has 4 aliphatic carbocycles. The van der Waals surface area contributed by atoms with Gasteiger partial charge in [0.1, 0.15) is 0 Å². The second-order valence-corrected chi connectivity index (χ2v) is 7.39. The summed E-state index contributed by atoms with van der Waals surface area (Å²) in [4.78, 5) is 11.5. The Bertz CT molecular complexity index is 551. The first-order valence-corrected chi connectivity index (χ1v) is 8.04. The van der Waals surface area contributed by atoms with Gasteiger partial charge in [-0.3, -0.25) is 4.79 Å². The Balaban J connectivity index is 1.71. The number of hydrogen-bond donors (Lipinski definition) is 2. The molecule has 3 nitrogen and oxygen atoms in total. The molecule has 0 amide bonds. The molecule has 6 atom stereocenters. The number of rotatable bonds is 4. The molecule has 6 unspecified atom stereocenters. The lowest BCUT2D eigenvalue weighted by molar-refractivity contribution is -0.142. The molecule has 0 aromatic heterocycles. The summed E-state index contributed by atoms with van der Waals surface area (Å²) in [5, 5.41) is 19.9. The summed E-state index contributed by atoms with van der Waals surface area (Å²) in [6, 6.07) is 10.3. The SMILES string of the molecule is O=C(O)CC1(Cc2ccccc2)C2CC3CC1C(C2)C3O. The largest absolute Gasteiger partial charge is 0.481 e. The van der Waals surface area contributed by atoms with Gasteiger partial charge in [0, 0.05) is 0 Å². The van der Waals surface area contributed by atoms with Gasteiger partial charge in [-0.05, 0) is 60.3 Å². The van der Waals surface area contributed by atoms with Crippen molar-refractivity contribution in [3.63, 3.8) is 0 Å². The van der Waals surface area contributed by atoms with Crippen LogP contribution in [0.3, 0.4) is 0 Å². The predicted octanol–water partition coefficient (Wildman–Crippen LogP) is 2.73. The van der Waals surface area contributed by atoms with E-state index < -0.39 is 5.97 Å². The molecular weight excluding hydrogens is 264 g/mol. The zero-order chi connectivity index (χ0) is 14.6. The van der Waals surface area contributed by atoms with Gasteiger partial charge in [-0.25, -0.2) is 0 Å². The van der Waals surface area contributed by atoms with Crippen molar-refractivity contribution < 1.29 is 15.0 Å². The molecule has 0 heterocycles. The van der Waals surface area contributed by atoms with E-state index in [0.717, 1.165) is 25.7 Å². The van der Waals surface area contributed by atoms with Gasteiger partial charge in [-0.2, -0.15) is 0 Å². The summed E-state index contributed by atoms with van der Waals surface area (Å²) in [5.74, 6) is 0.961. The summed E-state index contributed by atoms with van der Waals surface area (Å²) >= 11 is 0. The van der Waals surface area contributed by atoms with E-state index in [9.17, 15) is 15.0 Å². The summed E-state index contributed by atoms with van der Waals surface area (Å²) in [6.45, 7) is 0. The third-order valence-corrected chi connectivity index (χ3v) is 6.55. The Morgan fingerprint density at radius 3 is 2.67 bits per heavy atom. The Hall–Kier alpha value is -1.35. The van der Waals surface area contributed by atoms with Crippen LogP contribution < -0.4 is 0 Å². The molecule has 2 N–H and O–H groups in total. The minimum Gasteiger partial charge on any atom is -0.481 e. The Labute approximate surface area is 125 Å². The van der Waals surface area contributed by atoms with E-state index in [-0.39, 0.29) is 17.9 Å². The van der Waals surface area contributed by atoms with E-state index in [0.29, 0.717) is 23.7 Å². The van der Waals surface area contributed by atoms with Crippen LogP contribution in [0.25, 0.3) is 0 Å². The molecule has 4 bridgehead atoms. The molecule has 4 saturated carbocycles. The Kier molecular flexibility index (Phi) is 2.90. The van der Waals surface area contributed by atoms with E-state index in [4.69, 9.17) is 0 Å². The van der Waals surface area contributed by atoms with Gasteiger partial charge < -0.3 is 10.2 Å². The monoisotopic (exact) mass is 286 g/mol. The molecule has 112 valence electrons. The second kappa shape index (κ2) is 4.57. The van der Waals surface area contributed by atoms with Crippen LogP contribution in [0, 0.1) is 29.1 Å². The van der Waals surface area contributed by atoms with Crippen molar-refractivity contribution in [1.29, 1.82) is 0 Å². The van der Waals surface area contributed by atoms with Crippen molar-refractivity contribution in [3.8, 4) is 0 Å². The average Bonchev–Trinajstić information content (AvgIpc) is 2.78. The molecule has 4 fully saturated rings. The topological polar surface area (TPSA) is 57.5 Å². The second-order valence-electron chi connectivity index (χ2n) is 7.39. The minimum absolute atomic E-state index is 0.133. The normalized spacial score (nSPS) is 43.4. The summed E-state index contributed by atoms with van der Waals surface area (Å²) in [6.07, 6.45) is 4.01. The smallest absolute Gasteiger partial charge is 0.303 e. The third-order valence-electron chi connectivity index (χ3n) is 6.55. The van der Waals surface area contributed by atoms with E-state index in [1.165, 1.54) is 5.56 Å². The molecule has 3 heteroatoms. The van der Waals surface area contributed by atoms with Crippen molar-refractivity contribution in [2.45, 2.75) is 38.2 Å². The molecule has 0 radical (unpaired) electrons. The molecule has 5 rings (SSSR count). The molecule has 4 aliphatic rings. The molecule has 21 heavy (non-hydrogen) atoms. The first-order chi connectivity index (χ1) is 10.1. The molecule has 1 aromatic rings. The van der Waals surface area contributed by atoms with Crippen LogP contribution in [0.1, 0.15) is 31.2 Å². The number of carbonyl (C=O) groups is 1. The molecule has 0 spiro atoms. The van der Waals surface area contributed by atoms with Gasteiger partial charge in [0.05, 0.1) is 12.5 Å². The van der Waals surface area contributed by atoms with Crippen molar-refractivity contribution in [2.24, 2.45) is 29.1 Å². The third kappa shape index (κ3) is 1.87. The zero-order valence-electron chi connectivity index (χ0n) is 12.1. The highest BCUT2D eigenvalue weighted by molar-refractivity contribution is 5.68. The number of aliphatic hydroxyl groups excluding tert-OH is 1. The van der Waals surface area contributed by atoms with E-state index in [1.807, 2.05) is 18.2 Å². The van der Waals surface area contributed by atoms with Crippen molar-refractivity contribution in [3.05, 3.63) is 35.9 Å². The highest BCUT2D eigenvalue weighted by Gasteiger charge is 2.65. The maximum absolute atomic E-state index is 11.5. The van der Waals surface area contributed by atoms with Crippen molar-refractivity contribution in [1.82, 2.24) is 0 Å². The highest BCUT2D eigenvalue weighted by Crippen LogP contribution is 2.68. The van der Waals surface area contributed by atoms with Gasteiger partial charge in [0.25, 0.3) is 0 Å². The van der Waals surface area contributed by atoms with E-state index in [1.54, 1.807) is 0 Å². The van der Waals surface area contributed by atoms with Crippen LogP contribution in [0.15, 0.2) is 30.3 Å². The lowest BCUT2D eigenvalue weighted by Gasteiger charge is -2.44. The van der Waals surface area contributed by atoms with Crippen LogP contribution in [-0.4, -0.2) is 22.3 Å². The fourth-order valence-corrected chi connectivity index (χ4v) is 5.86. The first kappa shape index (κ1) is 13.3. The van der Waals surface area contributed by atoms with Crippen LogP contribution in [-0.2, 0) is 11.2 Å². The summed E-state index contributed by atoms with van der Waals surface area (Å²) in [5.41, 5.74) is 1.11. The van der Waals surface area contributed by atoms with Gasteiger partial charge in [0.15, 0.2) is 0 Å². The molecule has 0 aliphatic heterocycles. The lowest BCUT2D eigenvalue weighted by Crippen LogP contribution is -2.41. The van der Waals surface area contributed by atoms with Crippen molar-refractivity contribution >= 4 is 5.97 Å². The number of carboxylic acid groups (broad SMARTS) is 1. The number of hydrogen-bond acceptors (Lipinski definition) is 2. The van der Waals surface area contributed by atoms with Crippen molar-refractivity contribution in [2.75, 3.05) is 0 Å². The number of aliphatic hydroxyl groups is 1. The fourth-order valence-electron chi connectivity index (χ4n) is 5.86. The lowest BCUT2D eigenvalue weighted by atomic mass is 9.60. The van der Waals surface area contributed by atoms with Crippen LogP contribution in [0.5, 0.6) is 0 Å². The van der Waals surface area contributed by atoms with Gasteiger partial charge >= 0.3 is 5.97 Å². The fraction of sp³-hybridized carbons (Fsp3) is 0.611. The zero-order valence-corrected chi connectivity index (χ0v) is 12.1. The summed E-state index contributed by atoms with van der Waals surface area (Å²) in [7, 11) is 0. The average molecular weight is 286 g/mol. The number of benzene rings is 1. The van der Waals surface area contributed by atoms with E-state index in [2.05, 4.69) is 12.1 Å². The number of carboxylic acids is 1. The quantitative estimate of drug-likeness (QED) is 0.894. The minimum atomic E-state index is -0.684.